The summed E-state index contributed by atoms with van der Waals surface area (Å²) >= 11 is 1.86. The number of fused-ring (bicyclic) bond motifs is 2. The van der Waals surface area contributed by atoms with Crippen LogP contribution >= 0.6 is 11.8 Å². The SMILES string of the molecule is C=C1/C(=C\C=C2/CCC[C@]3(C)[C@@H]([C@H](C)CCCC(C)(C)O)CC[C@@H]23)CC(O)C[C@@H]1NC(=O)CCC(NC(=O)c1ccc(C2(C(F)(F)F)N=N2)cc1)C(=O)NCCCOCCCNC(=O)CCCCC1SC[C@@H]2NC(=O)N[C@H]12. The third kappa shape index (κ3) is 16.0. The smallest absolute Gasteiger partial charge is 0.393 e. The summed E-state index contributed by atoms with van der Waals surface area (Å²) in [6.07, 6.45) is 11.8. The van der Waals surface area contributed by atoms with Crippen LogP contribution in [-0.2, 0) is 24.8 Å². The van der Waals surface area contributed by atoms with E-state index in [1.54, 1.807) is 0 Å². The van der Waals surface area contributed by atoms with E-state index in [2.05, 4.69) is 74.7 Å². The Morgan fingerprint density at radius 2 is 1.69 bits per heavy atom. The molecule has 1 aromatic rings. The second-order valence-electron chi connectivity index (χ2n) is 23.3. The molecule has 0 aromatic heterocycles. The average Bonchev–Trinajstić information content (AvgIpc) is 3.95. The van der Waals surface area contributed by atoms with Crippen molar-refractivity contribution in [2.75, 3.05) is 32.1 Å². The van der Waals surface area contributed by atoms with Crippen molar-refractivity contribution in [2.45, 2.75) is 196 Å². The summed E-state index contributed by atoms with van der Waals surface area (Å²) in [4.78, 5) is 64.8. The summed E-state index contributed by atoms with van der Waals surface area (Å²) in [6, 6.07) is 3.13. The van der Waals surface area contributed by atoms with Gasteiger partial charge in [-0.25, -0.2) is 4.79 Å². The van der Waals surface area contributed by atoms with Gasteiger partial charge in [-0.15, -0.1) is 10.2 Å². The van der Waals surface area contributed by atoms with Gasteiger partial charge in [0.2, 0.25) is 17.7 Å². The molecule has 0 bridgehead atoms. The Hall–Kier alpha value is -4.79. The van der Waals surface area contributed by atoms with Gasteiger partial charge in [0.25, 0.3) is 5.91 Å². The summed E-state index contributed by atoms with van der Waals surface area (Å²) in [6.45, 7) is 14.3. The zero-order valence-corrected chi connectivity index (χ0v) is 46.2. The molecule has 3 aliphatic carbocycles. The molecule has 2 saturated heterocycles. The summed E-state index contributed by atoms with van der Waals surface area (Å²) in [5.41, 5.74) is -0.358. The third-order valence-electron chi connectivity index (χ3n) is 17.0. The second-order valence-corrected chi connectivity index (χ2v) is 24.6. The first-order chi connectivity index (χ1) is 36.6. The Kier molecular flexibility index (Phi) is 20.6. The number of alkyl halides is 3. The van der Waals surface area contributed by atoms with Crippen molar-refractivity contribution < 1.29 is 52.1 Å². The van der Waals surface area contributed by atoms with Gasteiger partial charge in [0, 0.05) is 61.3 Å². The molecule has 6 aliphatic rings. The molecule has 6 amide bonds. The van der Waals surface area contributed by atoms with Crippen LogP contribution in [0.4, 0.5) is 18.0 Å². The monoisotopic (exact) mass is 1100 g/mol. The molecule has 3 aliphatic heterocycles. The highest BCUT2D eigenvalue weighted by Crippen LogP contribution is 2.60. The molecule has 3 saturated carbocycles. The Morgan fingerprint density at radius 3 is 2.39 bits per heavy atom. The molecule has 20 heteroatoms. The van der Waals surface area contributed by atoms with Crippen molar-refractivity contribution in [3.05, 3.63) is 70.8 Å². The van der Waals surface area contributed by atoms with Crippen molar-refractivity contribution >= 4 is 41.4 Å². The number of benzene rings is 1. The molecule has 77 heavy (non-hydrogen) atoms. The van der Waals surface area contributed by atoms with Crippen LogP contribution < -0.4 is 31.9 Å². The number of amides is 6. The lowest BCUT2D eigenvalue weighted by molar-refractivity contribution is -0.166. The first-order valence-corrected chi connectivity index (χ1v) is 29.1. The number of unbranched alkanes of at least 4 members (excludes halogenated alkanes) is 1. The maximum atomic E-state index is 13.7. The number of allylic oxidation sites excluding steroid dienone is 3. The predicted octanol–water partition coefficient (Wildman–Crippen LogP) is 8.34. The number of hydrogen-bond donors (Lipinski definition) is 8. The number of rotatable bonds is 27. The fourth-order valence-electron chi connectivity index (χ4n) is 12.6. The van der Waals surface area contributed by atoms with Gasteiger partial charge in [0.15, 0.2) is 0 Å². The van der Waals surface area contributed by atoms with Gasteiger partial charge in [-0.05, 0) is 144 Å². The molecule has 3 heterocycles. The number of ether oxygens (including phenoxy) is 1. The van der Waals surface area contributed by atoms with E-state index < -0.39 is 53.3 Å². The number of nitrogens with one attached hydrogen (secondary N) is 6. The standard InChI is InChI=1S/C57H83F3N8O8S/c1-35(12-8-26-54(3,4)75)42-22-23-43-37(13-9-27-55(42,43)5)16-17-39-32-41(69)33-45(36(39)2)63-49(71)25-24-44(64-51(72)38-18-20-40(21-19-38)56(67-68-56)57(58,59)60)52(73)62-29-11-31-76-30-10-28-61-48(70)15-7-6-14-47-50-46(34-77-47)65-53(74)66-50/h16-21,35,41-47,50,69,75H,2,6-15,22-34H2,1,3-5H3,(H,61,70)(H,62,73)(H,63,71)(H,64,72)(H2,65,66,74)/b37-16+,39-17-/t35-,41?,42-,43+,44?,45+,46+,47?,50+,55-/m1/s1. The van der Waals surface area contributed by atoms with Crippen LogP contribution in [0, 0.1) is 23.2 Å². The lowest BCUT2D eigenvalue weighted by Gasteiger charge is -2.44. The Balaban J connectivity index is 0.866. The molecule has 3 unspecified atom stereocenters. The van der Waals surface area contributed by atoms with E-state index in [1.165, 1.54) is 30.5 Å². The van der Waals surface area contributed by atoms with E-state index in [-0.39, 0.29) is 66.4 Å². The number of carbonyl (C=O) groups excluding carboxylic acids is 5. The zero-order valence-electron chi connectivity index (χ0n) is 45.4. The predicted molar refractivity (Wildman–Crippen MR) is 290 cm³/mol. The van der Waals surface area contributed by atoms with Crippen molar-refractivity contribution in [3.8, 4) is 0 Å². The lowest BCUT2D eigenvalue weighted by Crippen LogP contribution is -2.48. The minimum Gasteiger partial charge on any atom is -0.393 e. The van der Waals surface area contributed by atoms with Crippen LogP contribution in [0.25, 0.3) is 0 Å². The largest absolute Gasteiger partial charge is 0.442 e. The van der Waals surface area contributed by atoms with Gasteiger partial charge < -0.3 is 46.9 Å². The molecule has 0 radical (unpaired) electrons. The summed E-state index contributed by atoms with van der Waals surface area (Å²) in [7, 11) is 0. The minimum atomic E-state index is -4.74. The maximum absolute atomic E-state index is 13.7. The van der Waals surface area contributed by atoms with Gasteiger partial charge >= 0.3 is 17.9 Å². The molecule has 5 fully saturated rings. The normalized spacial score (nSPS) is 28.3. The summed E-state index contributed by atoms with van der Waals surface area (Å²) in [5, 5.41) is 45.4. The van der Waals surface area contributed by atoms with Gasteiger partial charge in [0.05, 0.1) is 29.8 Å². The van der Waals surface area contributed by atoms with E-state index in [4.69, 9.17) is 4.74 Å². The zero-order chi connectivity index (χ0) is 55.5. The molecule has 16 nitrogen and oxygen atoms in total. The molecular weight excluding hydrogens is 1010 g/mol. The van der Waals surface area contributed by atoms with E-state index in [9.17, 15) is 47.4 Å². The molecule has 426 valence electrons. The first-order valence-electron chi connectivity index (χ1n) is 28.1. The van der Waals surface area contributed by atoms with Crippen molar-refractivity contribution in [1.29, 1.82) is 0 Å². The number of hydrogen-bond acceptors (Lipinski definition) is 11. The van der Waals surface area contributed by atoms with Gasteiger partial charge in [-0.3, -0.25) is 19.2 Å². The summed E-state index contributed by atoms with van der Waals surface area (Å²) in [5.74, 6) is 0.831. The van der Waals surface area contributed by atoms with Crippen LogP contribution in [0.1, 0.15) is 159 Å². The van der Waals surface area contributed by atoms with E-state index >= 15 is 0 Å². The minimum absolute atomic E-state index is 0.00494. The van der Waals surface area contributed by atoms with Gasteiger partial charge in [0.1, 0.15) is 6.04 Å². The number of halogens is 3. The number of urea groups is 1. The molecule has 0 spiro atoms. The highest BCUT2D eigenvalue weighted by Gasteiger charge is 2.65. The van der Waals surface area contributed by atoms with Gasteiger partial charge in [-0.1, -0.05) is 69.5 Å². The lowest BCUT2D eigenvalue weighted by atomic mass is 9.60. The highest BCUT2D eigenvalue weighted by atomic mass is 32.2. The Morgan fingerprint density at radius 1 is 0.961 bits per heavy atom. The topological polar surface area (TPSA) is 232 Å². The quantitative estimate of drug-likeness (QED) is 0.0312. The van der Waals surface area contributed by atoms with E-state index in [0.717, 1.165) is 81.2 Å². The van der Waals surface area contributed by atoms with Crippen LogP contribution in [0.15, 0.2) is 69.9 Å². The van der Waals surface area contributed by atoms with Crippen LogP contribution in [0.3, 0.4) is 0 Å². The molecule has 10 atom stereocenters. The molecular formula is C57H83F3N8O8S. The number of aliphatic hydroxyl groups is 2. The van der Waals surface area contributed by atoms with Crippen molar-refractivity contribution in [3.63, 3.8) is 0 Å². The van der Waals surface area contributed by atoms with Crippen LogP contribution in [0.5, 0.6) is 0 Å². The Bertz CT molecular complexity index is 2350. The number of nitrogens with zero attached hydrogens (tertiary/aromatic N) is 2. The molecule has 1 aromatic carbocycles. The fraction of sp³-hybridized carbons (Fsp3) is 0.702. The van der Waals surface area contributed by atoms with Crippen LogP contribution in [-0.4, -0.2) is 119 Å². The fourth-order valence-corrected chi connectivity index (χ4v) is 14.2. The van der Waals surface area contributed by atoms with Gasteiger partial charge in [-0.2, -0.15) is 24.9 Å². The average molecular weight is 1100 g/mol. The summed E-state index contributed by atoms with van der Waals surface area (Å²) < 4.78 is 46.7. The van der Waals surface area contributed by atoms with E-state index in [1.807, 2.05) is 25.6 Å². The van der Waals surface area contributed by atoms with Crippen molar-refractivity contribution in [1.82, 2.24) is 31.9 Å². The number of aliphatic hydroxyl groups excluding tert-OH is 1. The number of thioether (sulfide) groups is 1. The first kappa shape index (κ1) is 59.9. The van der Waals surface area contributed by atoms with Crippen molar-refractivity contribution in [2.24, 2.45) is 33.4 Å². The molecule has 7 rings (SSSR count). The highest BCUT2D eigenvalue weighted by molar-refractivity contribution is 8.00. The Labute approximate surface area is 456 Å². The van der Waals surface area contributed by atoms with E-state index in [0.29, 0.717) is 74.0 Å². The molecule has 8 N–H and O–H groups in total. The van der Waals surface area contributed by atoms with Crippen LogP contribution in [0.2, 0.25) is 0 Å². The number of carbonyl (C=O) groups is 5. The third-order valence-corrected chi connectivity index (χ3v) is 18.5. The maximum Gasteiger partial charge on any atom is 0.442 e. The second kappa shape index (κ2) is 26.4.